The van der Waals surface area contributed by atoms with Crippen LogP contribution in [0.5, 0.6) is 0 Å². The van der Waals surface area contributed by atoms with Crippen LogP contribution >= 0.6 is 0 Å². The molecule has 0 amide bonds. The van der Waals surface area contributed by atoms with Crippen molar-refractivity contribution in [1.29, 1.82) is 0 Å². The van der Waals surface area contributed by atoms with E-state index in [1.165, 1.54) is 0 Å². The maximum atomic E-state index is 11.9. The summed E-state index contributed by atoms with van der Waals surface area (Å²) in [6.07, 6.45) is 0. The zero-order valence-corrected chi connectivity index (χ0v) is 9.72. The Morgan fingerprint density at radius 2 is 1.54 bits per heavy atom. The van der Waals surface area contributed by atoms with E-state index < -0.39 is 0 Å². The molecule has 1 aliphatic rings. The van der Waals surface area contributed by atoms with Gasteiger partial charge in [0.15, 0.2) is 0 Å². The van der Waals surface area contributed by atoms with Crippen LogP contribution in [0.4, 0.5) is 0 Å². The summed E-state index contributed by atoms with van der Waals surface area (Å²) in [5, 5.41) is 0. The summed E-state index contributed by atoms with van der Waals surface area (Å²) in [5.74, 6) is 2.08. The molecule has 4 atom stereocenters. The van der Waals surface area contributed by atoms with Gasteiger partial charge in [-0.15, -0.1) is 0 Å². The lowest BCUT2D eigenvalue weighted by Gasteiger charge is -2.47. The predicted octanol–water partition coefficient (Wildman–Crippen LogP) is 3.14. The van der Waals surface area contributed by atoms with Crippen LogP contribution < -0.4 is 0 Å². The first-order valence-corrected chi connectivity index (χ1v) is 5.33. The molecular weight excluding hydrogens is 160 g/mol. The first-order chi connectivity index (χ1) is 5.80. The third kappa shape index (κ3) is 1.43. The van der Waals surface area contributed by atoms with Crippen molar-refractivity contribution >= 4 is 5.78 Å². The van der Waals surface area contributed by atoms with Crippen LogP contribution in [0.3, 0.4) is 0 Å². The fourth-order valence-electron chi connectivity index (χ4n) is 2.53. The smallest absolute Gasteiger partial charge is 0.139 e. The molecule has 0 spiro atoms. The summed E-state index contributed by atoms with van der Waals surface area (Å²) < 4.78 is 0. The van der Waals surface area contributed by atoms with E-state index >= 15 is 0 Å². The molecule has 1 rings (SSSR count). The minimum Gasteiger partial charge on any atom is -0.299 e. The summed E-state index contributed by atoms with van der Waals surface area (Å²) in [7, 11) is 0. The molecule has 0 aliphatic heterocycles. The molecule has 1 saturated carbocycles. The Bertz CT molecular complexity index is 217. The van der Waals surface area contributed by atoms with Crippen molar-refractivity contribution in [3.05, 3.63) is 0 Å². The first-order valence-electron chi connectivity index (χ1n) is 5.33. The topological polar surface area (TPSA) is 17.1 Å². The van der Waals surface area contributed by atoms with E-state index in [-0.39, 0.29) is 17.3 Å². The average molecular weight is 182 g/mol. The molecular formula is C12H22O. The molecule has 0 saturated heterocycles. The van der Waals surface area contributed by atoms with Crippen molar-refractivity contribution < 1.29 is 4.79 Å². The highest BCUT2D eigenvalue weighted by molar-refractivity contribution is 5.84. The van der Waals surface area contributed by atoms with Crippen LogP contribution in [-0.2, 0) is 4.79 Å². The van der Waals surface area contributed by atoms with Gasteiger partial charge in [-0.1, -0.05) is 41.5 Å². The lowest BCUT2D eigenvalue weighted by atomic mass is 9.56. The number of Topliss-reactive ketones (excluding diaryl/α,β-unsaturated/α-hetero) is 1. The van der Waals surface area contributed by atoms with Crippen LogP contribution in [-0.4, -0.2) is 5.78 Å². The van der Waals surface area contributed by atoms with E-state index in [1.807, 2.05) is 0 Å². The molecule has 1 nitrogen and oxygen atoms in total. The van der Waals surface area contributed by atoms with Crippen molar-refractivity contribution in [3.63, 3.8) is 0 Å². The third-order valence-electron chi connectivity index (χ3n) is 4.74. The second-order valence-electron chi connectivity index (χ2n) is 5.38. The molecule has 4 unspecified atom stereocenters. The van der Waals surface area contributed by atoms with E-state index in [0.29, 0.717) is 17.6 Å². The minimum atomic E-state index is 0.170. The number of ketones is 1. The number of rotatable bonds is 0. The Kier molecular flexibility index (Phi) is 2.57. The second-order valence-corrected chi connectivity index (χ2v) is 5.38. The highest BCUT2D eigenvalue weighted by Crippen LogP contribution is 2.47. The highest BCUT2D eigenvalue weighted by Gasteiger charge is 2.46. The SMILES string of the molecule is CC1C(=O)C(C)C(C)(C)C(C)C1C. The Labute approximate surface area is 81.9 Å². The summed E-state index contributed by atoms with van der Waals surface area (Å²) in [6.45, 7) is 13.1. The van der Waals surface area contributed by atoms with E-state index in [4.69, 9.17) is 0 Å². The van der Waals surface area contributed by atoms with Crippen molar-refractivity contribution in [2.45, 2.75) is 41.5 Å². The Morgan fingerprint density at radius 3 is 2.00 bits per heavy atom. The quantitative estimate of drug-likeness (QED) is 0.562. The third-order valence-corrected chi connectivity index (χ3v) is 4.74. The molecule has 0 aromatic rings. The Balaban J connectivity index is 3.00. The molecule has 0 N–H and O–H groups in total. The fraction of sp³-hybridized carbons (Fsp3) is 0.917. The minimum absolute atomic E-state index is 0.170. The van der Waals surface area contributed by atoms with Gasteiger partial charge < -0.3 is 0 Å². The van der Waals surface area contributed by atoms with Crippen LogP contribution in [0.25, 0.3) is 0 Å². The molecule has 0 radical (unpaired) electrons. The van der Waals surface area contributed by atoms with Gasteiger partial charge in [-0.05, 0) is 17.3 Å². The molecule has 13 heavy (non-hydrogen) atoms. The molecule has 76 valence electrons. The van der Waals surface area contributed by atoms with Gasteiger partial charge in [0.05, 0.1) is 0 Å². The van der Waals surface area contributed by atoms with Crippen LogP contribution in [0.1, 0.15) is 41.5 Å². The molecule has 0 heterocycles. The Hall–Kier alpha value is -0.330. The van der Waals surface area contributed by atoms with Crippen molar-refractivity contribution in [2.75, 3.05) is 0 Å². The van der Waals surface area contributed by atoms with Crippen LogP contribution in [0.2, 0.25) is 0 Å². The monoisotopic (exact) mass is 182 g/mol. The zero-order valence-electron chi connectivity index (χ0n) is 9.72. The van der Waals surface area contributed by atoms with Crippen LogP contribution in [0, 0.1) is 29.1 Å². The number of hydrogen-bond donors (Lipinski definition) is 0. The summed E-state index contributed by atoms with van der Waals surface area (Å²) in [4.78, 5) is 11.9. The van der Waals surface area contributed by atoms with E-state index in [2.05, 4.69) is 41.5 Å². The van der Waals surface area contributed by atoms with E-state index in [1.54, 1.807) is 0 Å². The fourth-order valence-corrected chi connectivity index (χ4v) is 2.53. The van der Waals surface area contributed by atoms with Gasteiger partial charge in [0, 0.05) is 11.8 Å². The Morgan fingerprint density at radius 1 is 1.08 bits per heavy atom. The number of carbonyl (C=O) groups excluding carboxylic acids is 1. The first kappa shape index (κ1) is 10.7. The summed E-state index contributed by atoms with van der Waals surface area (Å²) in [5.41, 5.74) is 0.170. The van der Waals surface area contributed by atoms with Gasteiger partial charge in [-0.25, -0.2) is 0 Å². The van der Waals surface area contributed by atoms with Gasteiger partial charge in [-0.2, -0.15) is 0 Å². The maximum Gasteiger partial charge on any atom is 0.139 e. The summed E-state index contributed by atoms with van der Waals surface area (Å²) in [6, 6.07) is 0. The lowest BCUT2D eigenvalue weighted by Crippen LogP contribution is -2.47. The summed E-state index contributed by atoms with van der Waals surface area (Å²) >= 11 is 0. The van der Waals surface area contributed by atoms with E-state index in [0.717, 1.165) is 0 Å². The normalized spacial score (nSPS) is 44.9. The van der Waals surface area contributed by atoms with Crippen molar-refractivity contribution in [3.8, 4) is 0 Å². The number of carbonyl (C=O) groups is 1. The van der Waals surface area contributed by atoms with E-state index in [9.17, 15) is 4.79 Å². The standard InChI is InChI=1S/C12H22O/c1-7-8(2)11(13)10(4)12(5,6)9(7)3/h7-10H,1-6H3. The molecule has 0 aromatic carbocycles. The van der Waals surface area contributed by atoms with Gasteiger partial charge in [-0.3, -0.25) is 4.79 Å². The van der Waals surface area contributed by atoms with Gasteiger partial charge in [0.2, 0.25) is 0 Å². The molecule has 0 bridgehead atoms. The molecule has 1 heteroatoms. The van der Waals surface area contributed by atoms with Crippen molar-refractivity contribution in [2.24, 2.45) is 29.1 Å². The van der Waals surface area contributed by atoms with Gasteiger partial charge in [0.1, 0.15) is 5.78 Å². The van der Waals surface area contributed by atoms with Crippen LogP contribution in [0.15, 0.2) is 0 Å². The van der Waals surface area contributed by atoms with Crippen molar-refractivity contribution in [1.82, 2.24) is 0 Å². The van der Waals surface area contributed by atoms with Gasteiger partial charge in [0.25, 0.3) is 0 Å². The largest absolute Gasteiger partial charge is 0.299 e. The molecule has 0 aromatic heterocycles. The highest BCUT2D eigenvalue weighted by atomic mass is 16.1. The number of hydrogen-bond acceptors (Lipinski definition) is 1. The predicted molar refractivity (Wildman–Crippen MR) is 55.4 cm³/mol. The van der Waals surface area contributed by atoms with Gasteiger partial charge >= 0.3 is 0 Å². The molecule has 1 fully saturated rings. The average Bonchev–Trinajstić information content (AvgIpc) is 2.09. The second kappa shape index (κ2) is 3.11. The lowest BCUT2D eigenvalue weighted by molar-refractivity contribution is -0.140. The zero-order chi connectivity index (χ0) is 10.4. The molecule has 1 aliphatic carbocycles. The maximum absolute atomic E-state index is 11.9.